The summed E-state index contributed by atoms with van der Waals surface area (Å²) in [5.41, 5.74) is 1.16. The first-order chi connectivity index (χ1) is 10.9. The number of thiazole rings is 1. The highest BCUT2D eigenvalue weighted by Gasteiger charge is 2.19. The summed E-state index contributed by atoms with van der Waals surface area (Å²) in [4.78, 5) is 40.6. The molecule has 2 aromatic rings. The fourth-order valence-electron chi connectivity index (χ4n) is 1.74. The van der Waals surface area contributed by atoms with Crippen LogP contribution in [0.1, 0.15) is 20.9 Å². The molecule has 1 aromatic heterocycles. The lowest BCUT2D eigenvalue weighted by atomic mass is 10.2. The molecule has 7 nitrogen and oxygen atoms in total. The van der Waals surface area contributed by atoms with Gasteiger partial charge in [-0.15, -0.1) is 11.3 Å². The minimum absolute atomic E-state index is 0.164. The van der Waals surface area contributed by atoms with Gasteiger partial charge < -0.3 is 10.1 Å². The summed E-state index contributed by atoms with van der Waals surface area (Å²) >= 11 is 1.28. The van der Waals surface area contributed by atoms with Gasteiger partial charge in [-0.05, 0) is 26.0 Å². The van der Waals surface area contributed by atoms with E-state index in [0.717, 1.165) is 10.6 Å². The molecule has 0 unspecified atom stereocenters. The topological polar surface area (TPSA) is 97.4 Å². The van der Waals surface area contributed by atoms with Crippen LogP contribution in [0.3, 0.4) is 0 Å². The number of carbonyl (C=O) groups is 3. The van der Waals surface area contributed by atoms with Crippen molar-refractivity contribution in [3.63, 3.8) is 0 Å². The van der Waals surface area contributed by atoms with Gasteiger partial charge in [0.1, 0.15) is 0 Å². The van der Waals surface area contributed by atoms with Crippen molar-refractivity contribution in [2.75, 3.05) is 17.7 Å². The van der Waals surface area contributed by atoms with Gasteiger partial charge in [-0.1, -0.05) is 12.1 Å². The van der Waals surface area contributed by atoms with Crippen LogP contribution in [-0.2, 0) is 14.3 Å². The monoisotopic (exact) mass is 333 g/mol. The number of hydrogen-bond donors (Lipinski definition) is 2. The maximum atomic E-state index is 12.0. The Morgan fingerprint density at radius 3 is 2.35 bits per heavy atom. The molecule has 2 rings (SSSR count). The van der Waals surface area contributed by atoms with Gasteiger partial charge in [0.05, 0.1) is 24.1 Å². The number of anilines is 2. The average molecular weight is 333 g/mol. The Labute approximate surface area is 136 Å². The summed E-state index contributed by atoms with van der Waals surface area (Å²) < 4.78 is 4.63. The van der Waals surface area contributed by atoms with Crippen LogP contribution in [-0.4, -0.2) is 29.9 Å². The highest BCUT2D eigenvalue weighted by atomic mass is 32.1. The molecule has 0 atom stereocenters. The molecule has 0 radical (unpaired) electrons. The van der Waals surface area contributed by atoms with Crippen LogP contribution in [0.2, 0.25) is 0 Å². The van der Waals surface area contributed by atoms with Crippen molar-refractivity contribution in [3.05, 3.63) is 40.4 Å². The van der Waals surface area contributed by atoms with Crippen molar-refractivity contribution >= 4 is 39.9 Å². The number of esters is 1. The van der Waals surface area contributed by atoms with Crippen molar-refractivity contribution < 1.29 is 19.1 Å². The van der Waals surface area contributed by atoms with E-state index in [4.69, 9.17) is 0 Å². The van der Waals surface area contributed by atoms with E-state index in [1.54, 1.807) is 12.1 Å². The quantitative estimate of drug-likeness (QED) is 0.662. The van der Waals surface area contributed by atoms with Crippen LogP contribution in [0, 0.1) is 13.8 Å². The van der Waals surface area contributed by atoms with Gasteiger partial charge in [0.15, 0.2) is 5.13 Å². The molecule has 23 heavy (non-hydrogen) atoms. The van der Waals surface area contributed by atoms with Gasteiger partial charge in [0.25, 0.3) is 0 Å². The minimum atomic E-state index is -0.896. The molecule has 2 N–H and O–H groups in total. The van der Waals surface area contributed by atoms with Crippen LogP contribution < -0.4 is 10.6 Å². The molecule has 0 aliphatic heterocycles. The lowest BCUT2D eigenvalue weighted by Crippen LogP contribution is -2.29. The molecule has 0 saturated heterocycles. The van der Waals surface area contributed by atoms with Crippen LogP contribution in [0.15, 0.2) is 24.3 Å². The molecule has 1 heterocycles. The molecule has 0 bridgehead atoms. The van der Waals surface area contributed by atoms with E-state index in [9.17, 15) is 14.4 Å². The number of carbonyl (C=O) groups excluding carboxylic acids is 3. The Kier molecular flexibility index (Phi) is 5.07. The second kappa shape index (κ2) is 7.01. The van der Waals surface area contributed by atoms with Crippen molar-refractivity contribution in [2.24, 2.45) is 0 Å². The first-order valence-electron chi connectivity index (χ1n) is 6.66. The Hall–Kier alpha value is -2.74. The van der Waals surface area contributed by atoms with Crippen molar-refractivity contribution in [2.45, 2.75) is 13.8 Å². The molecule has 8 heteroatoms. The van der Waals surface area contributed by atoms with Crippen LogP contribution in [0.5, 0.6) is 0 Å². The first kappa shape index (κ1) is 16.6. The summed E-state index contributed by atoms with van der Waals surface area (Å²) in [7, 11) is 1.24. The van der Waals surface area contributed by atoms with Crippen LogP contribution in [0.4, 0.5) is 10.8 Å². The predicted molar refractivity (Wildman–Crippen MR) is 86.6 cm³/mol. The van der Waals surface area contributed by atoms with Gasteiger partial charge in [0.2, 0.25) is 0 Å². The number of methoxy groups -OCH3 is 1. The van der Waals surface area contributed by atoms with Gasteiger partial charge in [0, 0.05) is 4.88 Å². The molecule has 120 valence electrons. The smallest absolute Gasteiger partial charge is 0.339 e. The van der Waals surface area contributed by atoms with E-state index in [0.29, 0.717) is 5.13 Å². The van der Waals surface area contributed by atoms with E-state index in [2.05, 4.69) is 20.4 Å². The number of para-hydroxylation sites is 1. The average Bonchev–Trinajstić information content (AvgIpc) is 2.84. The largest absolute Gasteiger partial charge is 0.465 e. The number of amides is 2. The molecule has 0 fully saturated rings. The van der Waals surface area contributed by atoms with Gasteiger partial charge in [-0.2, -0.15) is 0 Å². The van der Waals surface area contributed by atoms with Crippen LogP contribution >= 0.6 is 11.3 Å². The Balaban J connectivity index is 2.10. The van der Waals surface area contributed by atoms with E-state index >= 15 is 0 Å². The number of rotatable bonds is 3. The number of nitrogens with zero attached hydrogens (tertiary/aromatic N) is 1. The number of nitrogens with one attached hydrogen (secondary N) is 2. The van der Waals surface area contributed by atoms with Gasteiger partial charge in [-0.25, -0.2) is 9.78 Å². The van der Waals surface area contributed by atoms with Crippen LogP contribution in [0.25, 0.3) is 0 Å². The zero-order valence-corrected chi connectivity index (χ0v) is 13.6. The summed E-state index contributed by atoms with van der Waals surface area (Å²) in [5, 5.41) is 5.17. The maximum Gasteiger partial charge on any atom is 0.339 e. The Morgan fingerprint density at radius 1 is 1.09 bits per heavy atom. The SMILES string of the molecule is COC(=O)c1ccccc1NC(=O)C(=O)Nc1nc(C)c(C)s1. The third kappa shape index (κ3) is 3.92. The molecule has 0 saturated carbocycles. The number of aromatic nitrogens is 1. The number of ether oxygens (including phenoxy) is 1. The minimum Gasteiger partial charge on any atom is -0.465 e. The standard InChI is InChI=1S/C15H15N3O4S/c1-8-9(2)23-15(16-8)18-13(20)12(19)17-11-7-5-4-6-10(11)14(21)22-3/h4-7H,1-3H3,(H,17,19)(H,16,18,20). The first-order valence-corrected chi connectivity index (χ1v) is 7.47. The van der Waals surface area contributed by atoms with E-state index in [1.807, 2.05) is 13.8 Å². The maximum absolute atomic E-state index is 12.0. The number of hydrogen-bond acceptors (Lipinski definition) is 6. The zero-order chi connectivity index (χ0) is 17.0. The molecule has 0 aliphatic carbocycles. The van der Waals surface area contributed by atoms with E-state index < -0.39 is 17.8 Å². The second-order valence-corrected chi connectivity index (χ2v) is 5.81. The summed E-state index contributed by atoms with van der Waals surface area (Å²) in [6.07, 6.45) is 0. The molecule has 1 aromatic carbocycles. The highest BCUT2D eigenvalue weighted by Crippen LogP contribution is 2.21. The fraction of sp³-hybridized carbons (Fsp3) is 0.200. The number of aryl methyl sites for hydroxylation is 2. The second-order valence-electron chi connectivity index (χ2n) is 4.61. The predicted octanol–water partition coefficient (Wildman–Crippen LogP) is 2.12. The molecular weight excluding hydrogens is 318 g/mol. The lowest BCUT2D eigenvalue weighted by Gasteiger charge is -2.08. The van der Waals surface area contributed by atoms with Crippen molar-refractivity contribution in [1.29, 1.82) is 0 Å². The molecule has 2 amide bonds. The summed E-state index contributed by atoms with van der Waals surface area (Å²) in [5.74, 6) is -2.36. The van der Waals surface area contributed by atoms with Crippen molar-refractivity contribution in [1.82, 2.24) is 4.98 Å². The summed E-state index contributed by atoms with van der Waals surface area (Å²) in [6.45, 7) is 3.68. The lowest BCUT2D eigenvalue weighted by molar-refractivity contribution is -0.133. The third-order valence-corrected chi connectivity index (χ3v) is 4.02. The summed E-state index contributed by atoms with van der Waals surface area (Å²) in [6, 6.07) is 6.26. The number of benzene rings is 1. The van der Waals surface area contributed by atoms with Crippen molar-refractivity contribution in [3.8, 4) is 0 Å². The highest BCUT2D eigenvalue weighted by molar-refractivity contribution is 7.15. The molecular formula is C15H15N3O4S. The molecule has 0 spiro atoms. The third-order valence-electron chi connectivity index (χ3n) is 3.04. The van der Waals surface area contributed by atoms with Gasteiger partial charge >= 0.3 is 17.8 Å². The molecule has 0 aliphatic rings. The van der Waals surface area contributed by atoms with Gasteiger partial charge in [-0.3, -0.25) is 14.9 Å². The zero-order valence-electron chi connectivity index (χ0n) is 12.8. The Morgan fingerprint density at radius 2 is 1.74 bits per heavy atom. The van der Waals surface area contributed by atoms with E-state index in [1.165, 1.54) is 30.6 Å². The fourth-order valence-corrected chi connectivity index (χ4v) is 2.55. The van der Waals surface area contributed by atoms with E-state index in [-0.39, 0.29) is 11.3 Å². The normalized spacial score (nSPS) is 10.0. The Bertz CT molecular complexity index is 750.